The molecule has 6 unspecified atom stereocenters. The first-order chi connectivity index (χ1) is 32.5. The molecule has 0 aromatic heterocycles. The Morgan fingerprint density at radius 3 is 1.28 bits per heavy atom. The number of esters is 1. The molecule has 1 aliphatic rings. The highest BCUT2D eigenvalue weighted by Gasteiger charge is 2.51. The van der Waals surface area contributed by atoms with Crippen molar-refractivity contribution in [3.05, 3.63) is 60.8 Å². The summed E-state index contributed by atoms with van der Waals surface area (Å²) in [5, 5.41) is 50.3. The highest BCUT2D eigenvalue weighted by Crippen LogP contribution is 2.47. The van der Waals surface area contributed by atoms with Crippen molar-refractivity contribution in [1.29, 1.82) is 0 Å². The zero-order valence-electron chi connectivity index (χ0n) is 41.9. The van der Waals surface area contributed by atoms with Crippen LogP contribution in [0.15, 0.2) is 60.8 Å². The number of rotatable bonds is 45. The minimum absolute atomic E-state index is 0.0888. The number of aliphatic hydroxyl groups is 5. The number of carbonyl (C=O) groups is 1. The van der Waals surface area contributed by atoms with E-state index in [1.807, 2.05) is 0 Å². The van der Waals surface area contributed by atoms with E-state index >= 15 is 0 Å². The number of phosphoric ester groups is 1. The fourth-order valence-corrected chi connectivity index (χ4v) is 8.84. The summed E-state index contributed by atoms with van der Waals surface area (Å²) in [4.78, 5) is 23.3. The van der Waals surface area contributed by atoms with Crippen LogP contribution in [0.25, 0.3) is 0 Å². The van der Waals surface area contributed by atoms with E-state index in [1.165, 1.54) is 96.3 Å². The average Bonchev–Trinajstić information content (AvgIpc) is 3.31. The molecule has 67 heavy (non-hydrogen) atoms. The summed E-state index contributed by atoms with van der Waals surface area (Å²) in [5.41, 5.74) is 0. The smallest absolute Gasteiger partial charge is 0.457 e. The third-order valence-corrected chi connectivity index (χ3v) is 13.1. The largest absolute Gasteiger partial charge is 0.472 e. The second kappa shape index (κ2) is 44.0. The number of unbranched alkanes of at least 4 members (excludes halogenated alkanes) is 23. The van der Waals surface area contributed by atoms with Crippen molar-refractivity contribution in [3.8, 4) is 0 Å². The van der Waals surface area contributed by atoms with Gasteiger partial charge >= 0.3 is 13.8 Å². The second-order valence-corrected chi connectivity index (χ2v) is 19.8. The topological polar surface area (TPSA) is 192 Å². The monoisotopic (exact) mass is 969 g/mol. The summed E-state index contributed by atoms with van der Waals surface area (Å²) in [6.45, 7) is 4.22. The third kappa shape index (κ3) is 35.7. The Hall–Kier alpha value is -1.96. The molecular formula is C54H97O12P. The Morgan fingerprint density at radius 1 is 0.478 bits per heavy atom. The molecule has 1 aliphatic carbocycles. The van der Waals surface area contributed by atoms with Crippen LogP contribution < -0.4 is 0 Å². The van der Waals surface area contributed by atoms with Crippen molar-refractivity contribution in [1.82, 2.24) is 0 Å². The molecule has 0 radical (unpaired) electrons. The van der Waals surface area contributed by atoms with Crippen molar-refractivity contribution in [2.45, 2.75) is 256 Å². The molecule has 6 atom stereocenters. The molecule has 1 saturated carbocycles. The minimum atomic E-state index is -5.03. The van der Waals surface area contributed by atoms with Crippen LogP contribution in [0.2, 0.25) is 0 Å². The van der Waals surface area contributed by atoms with Gasteiger partial charge in [-0.05, 0) is 83.5 Å². The Balaban J connectivity index is 2.34. The minimum Gasteiger partial charge on any atom is -0.457 e. The van der Waals surface area contributed by atoms with Gasteiger partial charge in [-0.1, -0.05) is 184 Å². The van der Waals surface area contributed by atoms with Gasteiger partial charge in [0.2, 0.25) is 0 Å². The zero-order chi connectivity index (χ0) is 49.1. The molecule has 1 rings (SSSR count). The number of hydrogen-bond donors (Lipinski definition) is 6. The third-order valence-electron chi connectivity index (χ3n) is 12.1. The van der Waals surface area contributed by atoms with Gasteiger partial charge in [-0.25, -0.2) is 4.57 Å². The average molecular weight is 969 g/mol. The quantitative estimate of drug-likeness (QED) is 0.0147. The van der Waals surface area contributed by atoms with Crippen LogP contribution in [0, 0.1) is 0 Å². The second-order valence-electron chi connectivity index (χ2n) is 18.4. The SMILES string of the molecule is CCCCCC/C=C\C/C=C\CCCCCCCCOCC(COP(=O)(O)OC1C(O)C(O)C(O)C(O)C1O)OC(=O)CCCCCCCCCC/C=C\C/C=C\C/C=C\CCCCCCC. The predicted octanol–water partition coefficient (Wildman–Crippen LogP) is 12.1. The Labute approximate surface area is 407 Å². The summed E-state index contributed by atoms with van der Waals surface area (Å²) in [5.74, 6) is -0.489. The molecule has 12 nitrogen and oxygen atoms in total. The molecule has 0 amide bonds. The summed E-state index contributed by atoms with van der Waals surface area (Å²) in [6.07, 6.45) is 44.2. The van der Waals surface area contributed by atoms with Crippen LogP contribution >= 0.6 is 7.82 Å². The van der Waals surface area contributed by atoms with Gasteiger partial charge in [0.05, 0.1) is 13.2 Å². The molecule has 390 valence electrons. The fraction of sp³-hybridized carbons (Fsp3) is 0.796. The van der Waals surface area contributed by atoms with Gasteiger partial charge in [-0.15, -0.1) is 0 Å². The van der Waals surface area contributed by atoms with Crippen LogP contribution in [-0.4, -0.2) is 98.9 Å². The first-order valence-corrected chi connectivity index (χ1v) is 28.1. The summed E-state index contributed by atoms with van der Waals surface area (Å²) < 4.78 is 34.3. The Bertz CT molecular complexity index is 1340. The Morgan fingerprint density at radius 2 is 0.836 bits per heavy atom. The number of phosphoric acid groups is 1. The molecule has 0 aromatic rings. The van der Waals surface area contributed by atoms with Gasteiger partial charge in [0.15, 0.2) is 0 Å². The van der Waals surface area contributed by atoms with Crippen LogP contribution in [0.5, 0.6) is 0 Å². The first kappa shape index (κ1) is 63.1. The number of allylic oxidation sites excluding steroid dienone is 10. The van der Waals surface area contributed by atoms with Gasteiger partial charge in [0, 0.05) is 13.0 Å². The number of hydrogen-bond acceptors (Lipinski definition) is 11. The molecule has 0 heterocycles. The lowest BCUT2D eigenvalue weighted by Gasteiger charge is -2.41. The number of carbonyl (C=O) groups excluding carboxylic acids is 1. The van der Waals surface area contributed by atoms with Gasteiger partial charge < -0.3 is 39.9 Å². The van der Waals surface area contributed by atoms with E-state index in [2.05, 4.69) is 74.6 Å². The molecule has 0 aliphatic heterocycles. The van der Waals surface area contributed by atoms with Crippen molar-refractivity contribution in [3.63, 3.8) is 0 Å². The lowest BCUT2D eigenvalue weighted by atomic mass is 9.85. The van der Waals surface area contributed by atoms with Crippen molar-refractivity contribution >= 4 is 13.8 Å². The molecule has 6 N–H and O–H groups in total. The maximum atomic E-state index is 12.9. The molecule has 0 spiro atoms. The van der Waals surface area contributed by atoms with Crippen LogP contribution in [0.3, 0.4) is 0 Å². The normalized spacial score (nSPS) is 21.7. The lowest BCUT2D eigenvalue weighted by molar-refractivity contribution is -0.220. The van der Waals surface area contributed by atoms with E-state index in [9.17, 15) is 39.8 Å². The standard InChI is InChI=1S/C54H97O12P/c1-3-5-7-9-11-13-15-17-19-21-22-23-24-25-26-27-29-31-33-35-37-39-41-43-48(55)65-47(46-64-67(61,62)66-54-52(59)50(57)49(56)51(58)53(54)60)45-63-44-42-40-38-36-34-32-30-28-20-18-16-14-12-10-8-6-4-2/h14-17,20-22,24-25,28,47,49-54,56-60H,3-13,18-19,23,26-27,29-46H2,1-2H3,(H,61,62)/b16-14-,17-15-,22-21-,25-24-,28-20-. The van der Waals surface area contributed by atoms with Gasteiger partial charge in [0.25, 0.3) is 0 Å². The fourth-order valence-electron chi connectivity index (χ4n) is 7.86. The zero-order valence-corrected chi connectivity index (χ0v) is 42.8. The molecule has 1 fully saturated rings. The van der Waals surface area contributed by atoms with Gasteiger partial charge in [-0.3, -0.25) is 13.8 Å². The van der Waals surface area contributed by atoms with E-state index in [0.717, 1.165) is 89.9 Å². The molecular weight excluding hydrogens is 872 g/mol. The van der Waals surface area contributed by atoms with Crippen LogP contribution in [0.1, 0.15) is 213 Å². The number of ether oxygens (including phenoxy) is 2. The van der Waals surface area contributed by atoms with E-state index in [-0.39, 0.29) is 13.0 Å². The van der Waals surface area contributed by atoms with E-state index in [1.54, 1.807) is 0 Å². The van der Waals surface area contributed by atoms with E-state index in [4.69, 9.17) is 18.5 Å². The lowest BCUT2D eigenvalue weighted by Crippen LogP contribution is -2.64. The van der Waals surface area contributed by atoms with Crippen molar-refractivity contribution in [2.24, 2.45) is 0 Å². The maximum absolute atomic E-state index is 12.9. The van der Waals surface area contributed by atoms with Gasteiger partial charge in [0.1, 0.15) is 42.7 Å². The maximum Gasteiger partial charge on any atom is 0.472 e. The highest BCUT2D eigenvalue weighted by molar-refractivity contribution is 7.47. The Kier molecular flexibility index (Phi) is 41.4. The molecule has 0 bridgehead atoms. The van der Waals surface area contributed by atoms with E-state index in [0.29, 0.717) is 13.0 Å². The van der Waals surface area contributed by atoms with E-state index < -0.39 is 63.1 Å². The summed E-state index contributed by atoms with van der Waals surface area (Å²) >= 11 is 0. The van der Waals surface area contributed by atoms with Crippen molar-refractivity contribution < 1.29 is 58.3 Å². The first-order valence-electron chi connectivity index (χ1n) is 26.6. The summed E-state index contributed by atoms with van der Waals surface area (Å²) in [7, 11) is -5.03. The molecule has 13 heteroatoms. The highest BCUT2D eigenvalue weighted by atomic mass is 31.2. The predicted molar refractivity (Wildman–Crippen MR) is 272 cm³/mol. The molecule has 0 aromatic carbocycles. The van der Waals surface area contributed by atoms with Crippen LogP contribution in [-0.2, 0) is 27.9 Å². The van der Waals surface area contributed by atoms with Gasteiger partial charge in [-0.2, -0.15) is 0 Å². The number of aliphatic hydroxyl groups excluding tert-OH is 5. The van der Waals surface area contributed by atoms with Crippen LogP contribution in [0.4, 0.5) is 0 Å². The molecule has 0 saturated heterocycles. The van der Waals surface area contributed by atoms with Crippen molar-refractivity contribution in [2.75, 3.05) is 19.8 Å². The summed E-state index contributed by atoms with van der Waals surface area (Å²) in [6, 6.07) is 0.